The molecule has 2 rings (SSSR count). The molecule has 0 aliphatic heterocycles. The number of hydrogen-bond donors (Lipinski definition) is 1. The third-order valence-electron chi connectivity index (χ3n) is 1.65. The fraction of sp³-hybridized carbons (Fsp3) is 0.167. The Morgan fingerprint density at radius 1 is 1.56 bits per heavy atom. The number of hydrogen-bond acceptors (Lipinski definition) is 6. The monoisotopic (exact) mass is 323 g/mol. The van der Waals surface area contributed by atoms with E-state index in [4.69, 9.17) is 0 Å². The lowest BCUT2D eigenvalue weighted by Crippen LogP contribution is -2.17. The zero-order valence-electron chi connectivity index (χ0n) is 7.95. The van der Waals surface area contributed by atoms with Gasteiger partial charge in [0.1, 0.15) is 0 Å². The van der Waals surface area contributed by atoms with Gasteiger partial charge in [0.25, 0.3) is 10.0 Å². The SMILES string of the molecule is Cn1nnc(Br)c1S(=O)(=O)Nc1nccs1. The third-order valence-corrected chi connectivity index (χ3v) is 4.69. The van der Waals surface area contributed by atoms with E-state index in [9.17, 15) is 8.42 Å². The highest BCUT2D eigenvalue weighted by atomic mass is 79.9. The maximum Gasteiger partial charge on any atom is 0.283 e. The Kier molecular flexibility index (Phi) is 2.95. The van der Waals surface area contributed by atoms with E-state index < -0.39 is 10.0 Å². The first-order chi connectivity index (χ1) is 7.50. The van der Waals surface area contributed by atoms with Crippen molar-refractivity contribution in [3.63, 3.8) is 0 Å². The number of aromatic nitrogens is 4. The summed E-state index contributed by atoms with van der Waals surface area (Å²) in [5.74, 6) is 0. The summed E-state index contributed by atoms with van der Waals surface area (Å²) in [6.45, 7) is 0. The molecule has 0 saturated carbocycles. The zero-order chi connectivity index (χ0) is 11.8. The van der Waals surface area contributed by atoms with Crippen LogP contribution in [0.4, 0.5) is 5.13 Å². The molecule has 0 saturated heterocycles. The van der Waals surface area contributed by atoms with Gasteiger partial charge in [0.15, 0.2) is 9.73 Å². The van der Waals surface area contributed by atoms with Crippen LogP contribution in [0.1, 0.15) is 0 Å². The molecular formula is C6H6BrN5O2S2. The van der Waals surface area contributed by atoms with Crippen LogP contribution in [-0.2, 0) is 17.1 Å². The molecule has 0 radical (unpaired) electrons. The summed E-state index contributed by atoms with van der Waals surface area (Å²) >= 11 is 4.22. The van der Waals surface area contributed by atoms with Crippen LogP contribution in [0.3, 0.4) is 0 Å². The average Bonchev–Trinajstić information content (AvgIpc) is 2.76. The number of halogens is 1. The van der Waals surface area contributed by atoms with E-state index in [1.54, 1.807) is 5.38 Å². The molecular weight excluding hydrogens is 318 g/mol. The largest absolute Gasteiger partial charge is 0.283 e. The van der Waals surface area contributed by atoms with Crippen molar-refractivity contribution in [1.82, 2.24) is 20.0 Å². The first kappa shape index (κ1) is 11.5. The second-order valence-corrected chi connectivity index (χ2v) is 6.00. The van der Waals surface area contributed by atoms with E-state index in [-0.39, 0.29) is 9.63 Å². The van der Waals surface area contributed by atoms with Crippen molar-refractivity contribution >= 4 is 42.4 Å². The number of anilines is 1. The van der Waals surface area contributed by atoms with Gasteiger partial charge in [0.2, 0.25) is 5.03 Å². The second-order valence-electron chi connectivity index (χ2n) is 2.75. The lowest BCUT2D eigenvalue weighted by molar-refractivity contribution is 0.578. The molecule has 0 spiro atoms. The number of nitrogens with one attached hydrogen (secondary N) is 1. The summed E-state index contributed by atoms with van der Waals surface area (Å²) in [6, 6.07) is 0. The second kappa shape index (κ2) is 4.11. The summed E-state index contributed by atoms with van der Waals surface area (Å²) in [5, 5.41) is 9.14. The fourth-order valence-corrected chi connectivity index (χ4v) is 3.93. The van der Waals surface area contributed by atoms with Crippen LogP contribution < -0.4 is 4.72 Å². The van der Waals surface area contributed by atoms with Crippen LogP contribution in [-0.4, -0.2) is 28.4 Å². The molecule has 10 heteroatoms. The van der Waals surface area contributed by atoms with Crippen molar-refractivity contribution in [3.8, 4) is 0 Å². The Balaban J connectivity index is 2.40. The highest BCUT2D eigenvalue weighted by molar-refractivity contribution is 9.10. The van der Waals surface area contributed by atoms with Crippen molar-refractivity contribution in [2.24, 2.45) is 7.05 Å². The summed E-state index contributed by atoms with van der Waals surface area (Å²) in [5.41, 5.74) is 0. The van der Waals surface area contributed by atoms with Crippen LogP contribution in [0, 0.1) is 0 Å². The van der Waals surface area contributed by atoms with Crippen LogP contribution in [0.2, 0.25) is 0 Å². The van der Waals surface area contributed by atoms with Gasteiger partial charge in [-0.3, -0.25) is 4.72 Å². The molecule has 7 nitrogen and oxygen atoms in total. The first-order valence-electron chi connectivity index (χ1n) is 3.98. The maximum absolute atomic E-state index is 11.9. The molecule has 0 aliphatic rings. The molecule has 86 valence electrons. The lowest BCUT2D eigenvalue weighted by atomic mass is 10.9. The molecule has 16 heavy (non-hydrogen) atoms. The average molecular weight is 324 g/mol. The van der Waals surface area contributed by atoms with E-state index in [0.717, 1.165) is 0 Å². The van der Waals surface area contributed by atoms with Crippen LogP contribution >= 0.6 is 27.3 Å². The quantitative estimate of drug-likeness (QED) is 0.903. The summed E-state index contributed by atoms with van der Waals surface area (Å²) in [6.07, 6.45) is 1.51. The molecule has 2 aromatic rings. The van der Waals surface area contributed by atoms with E-state index in [1.807, 2.05) is 0 Å². The maximum atomic E-state index is 11.9. The molecule has 2 aromatic heterocycles. The van der Waals surface area contributed by atoms with Crippen molar-refractivity contribution < 1.29 is 8.42 Å². The number of thiazole rings is 1. The Labute approximate surface area is 104 Å². The van der Waals surface area contributed by atoms with Gasteiger partial charge >= 0.3 is 0 Å². The van der Waals surface area contributed by atoms with Crippen molar-refractivity contribution in [1.29, 1.82) is 0 Å². The van der Waals surface area contributed by atoms with Gasteiger partial charge in [0, 0.05) is 18.6 Å². The van der Waals surface area contributed by atoms with Crippen LogP contribution in [0.15, 0.2) is 21.2 Å². The lowest BCUT2D eigenvalue weighted by Gasteiger charge is -2.04. The molecule has 0 bridgehead atoms. The minimum Gasteiger partial charge on any atom is -0.253 e. The summed E-state index contributed by atoms with van der Waals surface area (Å²) in [4.78, 5) is 3.83. The van der Waals surface area contributed by atoms with Gasteiger partial charge in [-0.2, -0.15) is 8.42 Å². The molecule has 0 fully saturated rings. The highest BCUT2D eigenvalue weighted by Gasteiger charge is 2.24. The van der Waals surface area contributed by atoms with E-state index >= 15 is 0 Å². The predicted molar refractivity (Wildman–Crippen MR) is 61.6 cm³/mol. The standard InChI is InChI=1S/C6H6BrN5O2S2/c1-12-5(4(7)9-11-12)16(13,14)10-6-8-2-3-15-6/h2-3H,1H3,(H,8,10). The number of aryl methyl sites for hydroxylation is 1. The minimum absolute atomic E-state index is 0.0392. The van der Waals surface area contributed by atoms with E-state index in [1.165, 1.54) is 29.3 Å². The van der Waals surface area contributed by atoms with E-state index in [2.05, 4.69) is 35.9 Å². The van der Waals surface area contributed by atoms with Crippen molar-refractivity contribution in [2.75, 3.05) is 4.72 Å². The molecule has 0 aliphatic carbocycles. The number of rotatable bonds is 3. The summed E-state index contributed by atoms with van der Waals surface area (Å²) < 4.78 is 27.5. The summed E-state index contributed by atoms with van der Waals surface area (Å²) in [7, 11) is -2.22. The minimum atomic E-state index is -3.71. The smallest absolute Gasteiger partial charge is 0.253 e. The van der Waals surface area contributed by atoms with Gasteiger partial charge in [-0.25, -0.2) is 9.67 Å². The van der Waals surface area contributed by atoms with Crippen LogP contribution in [0.25, 0.3) is 0 Å². The predicted octanol–water partition coefficient (Wildman–Crippen LogP) is 0.835. The Morgan fingerprint density at radius 3 is 2.81 bits per heavy atom. The topological polar surface area (TPSA) is 89.8 Å². The van der Waals surface area contributed by atoms with Gasteiger partial charge in [-0.15, -0.1) is 16.4 Å². The Morgan fingerprint density at radius 2 is 2.31 bits per heavy atom. The first-order valence-corrected chi connectivity index (χ1v) is 7.14. The molecule has 1 N–H and O–H groups in total. The Hall–Kier alpha value is -1.00. The highest BCUT2D eigenvalue weighted by Crippen LogP contribution is 2.22. The van der Waals surface area contributed by atoms with Gasteiger partial charge < -0.3 is 0 Å². The molecule has 0 amide bonds. The van der Waals surface area contributed by atoms with Gasteiger partial charge in [-0.05, 0) is 15.9 Å². The van der Waals surface area contributed by atoms with Crippen LogP contribution in [0.5, 0.6) is 0 Å². The molecule has 2 heterocycles. The Bertz CT molecular complexity index is 571. The molecule has 0 aromatic carbocycles. The van der Waals surface area contributed by atoms with Gasteiger partial charge in [0.05, 0.1) is 0 Å². The van der Waals surface area contributed by atoms with E-state index in [0.29, 0.717) is 5.13 Å². The van der Waals surface area contributed by atoms with Gasteiger partial charge in [-0.1, -0.05) is 5.21 Å². The molecule has 0 unspecified atom stereocenters. The van der Waals surface area contributed by atoms with Crippen molar-refractivity contribution in [2.45, 2.75) is 5.03 Å². The van der Waals surface area contributed by atoms with Crippen molar-refractivity contribution in [3.05, 3.63) is 16.2 Å². The molecule has 0 atom stereocenters. The fourth-order valence-electron chi connectivity index (χ4n) is 1.05. The normalized spacial score (nSPS) is 11.6. The number of nitrogens with zero attached hydrogens (tertiary/aromatic N) is 4. The number of sulfonamides is 1. The zero-order valence-corrected chi connectivity index (χ0v) is 11.2. The third kappa shape index (κ3) is 2.08.